The standard InChI is InChI=1S/C18H20N2O3.CH2O/c1-13(20-23)11-17(12-18(21)22)19-16-9-7-15(8-10-16)14-5-3-2-4-6-14;1-2/h2-10,13,17,19H,11-12H2,1H3,(H,21,22);1H2. The highest BCUT2D eigenvalue weighted by molar-refractivity contribution is 5.69. The van der Waals surface area contributed by atoms with E-state index < -0.39 is 12.0 Å². The first kappa shape index (κ1) is 20.0. The van der Waals surface area contributed by atoms with Crippen LogP contribution in [0.5, 0.6) is 0 Å². The van der Waals surface area contributed by atoms with Crippen molar-refractivity contribution in [2.75, 3.05) is 5.32 Å². The van der Waals surface area contributed by atoms with E-state index >= 15 is 0 Å². The number of carboxylic acids is 1. The highest BCUT2D eigenvalue weighted by Crippen LogP contribution is 2.22. The lowest BCUT2D eigenvalue weighted by molar-refractivity contribution is -0.137. The second-order valence-electron chi connectivity index (χ2n) is 5.57. The van der Waals surface area contributed by atoms with Crippen LogP contribution in [0.25, 0.3) is 11.1 Å². The molecule has 0 saturated heterocycles. The zero-order chi connectivity index (χ0) is 18.7. The molecular formula is C19H22N2O4. The Bertz CT molecular complexity index is 659. The number of benzene rings is 2. The molecule has 25 heavy (non-hydrogen) atoms. The first-order valence-electron chi connectivity index (χ1n) is 7.83. The number of carbonyl (C=O) groups is 2. The number of rotatable bonds is 8. The van der Waals surface area contributed by atoms with Gasteiger partial charge in [0.2, 0.25) is 0 Å². The molecule has 0 amide bonds. The number of nitroso groups, excluding NO2 is 1. The van der Waals surface area contributed by atoms with Crippen molar-refractivity contribution < 1.29 is 14.7 Å². The molecule has 2 atom stereocenters. The lowest BCUT2D eigenvalue weighted by Crippen LogP contribution is -2.26. The molecule has 0 spiro atoms. The second kappa shape index (κ2) is 10.7. The SMILES string of the molecule is C=O.CC(CC(CC(=O)O)Nc1ccc(-c2ccccc2)cc1)N=O. The Kier molecular flexibility index (Phi) is 8.57. The molecule has 0 aliphatic carbocycles. The molecule has 0 fully saturated rings. The van der Waals surface area contributed by atoms with Crippen molar-refractivity contribution in [3.8, 4) is 11.1 Å². The van der Waals surface area contributed by atoms with E-state index in [0.717, 1.165) is 16.8 Å². The molecule has 2 rings (SSSR count). The molecule has 2 unspecified atom stereocenters. The average Bonchev–Trinajstić information content (AvgIpc) is 2.64. The summed E-state index contributed by atoms with van der Waals surface area (Å²) in [7, 11) is 0. The van der Waals surface area contributed by atoms with E-state index in [1.165, 1.54) is 0 Å². The molecule has 0 bridgehead atoms. The predicted octanol–water partition coefficient (Wildman–Crippen LogP) is 3.97. The van der Waals surface area contributed by atoms with E-state index in [0.29, 0.717) is 6.42 Å². The molecule has 0 aliphatic rings. The Morgan fingerprint density at radius 2 is 1.64 bits per heavy atom. The predicted molar refractivity (Wildman–Crippen MR) is 98.5 cm³/mol. The van der Waals surface area contributed by atoms with Crippen LogP contribution in [0, 0.1) is 4.91 Å². The fourth-order valence-corrected chi connectivity index (χ4v) is 2.48. The van der Waals surface area contributed by atoms with Gasteiger partial charge in [-0.25, -0.2) is 0 Å². The maximum atomic E-state index is 11.0. The largest absolute Gasteiger partial charge is 0.481 e. The van der Waals surface area contributed by atoms with E-state index in [1.54, 1.807) is 6.92 Å². The van der Waals surface area contributed by atoms with Gasteiger partial charge in [0.15, 0.2) is 0 Å². The van der Waals surface area contributed by atoms with Crippen molar-refractivity contribution in [1.82, 2.24) is 0 Å². The maximum absolute atomic E-state index is 11.0. The van der Waals surface area contributed by atoms with Gasteiger partial charge in [0, 0.05) is 11.7 Å². The Balaban J connectivity index is 0.00000151. The fraction of sp³-hybridized carbons (Fsp3) is 0.263. The van der Waals surface area contributed by atoms with E-state index in [1.807, 2.05) is 61.4 Å². The summed E-state index contributed by atoms with van der Waals surface area (Å²) in [6.45, 7) is 3.68. The summed E-state index contributed by atoms with van der Waals surface area (Å²) in [4.78, 5) is 29.5. The van der Waals surface area contributed by atoms with Crippen molar-refractivity contribution in [1.29, 1.82) is 0 Å². The van der Waals surface area contributed by atoms with Crippen molar-refractivity contribution in [2.24, 2.45) is 5.18 Å². The summed E-state index contributed by atoms with van der Waals surface area (Å²) in [5, 5.41) is 15.1. The van der Waals surface area contributed by atoms with Gasteiger partial charge in [-0.15, -0.1) is 0 Å². The summed E-state index contributed by atoms with van der Waals surface area (Å²) in [5.74, 6) is -0.901. The minimum Gasteiger partial charge on any atom is -0.481 e. The number of nitrogens with one attached hydrogen (secondary N) is 1. The molecule has 0 aliphatic heterocycles. The van der Waals surface area contributed by atoms with Crippen molar-refractivity contribution in [2.45, 2.75) is 31.8 Å². The number of anilines is 1. The third-order valence-corrected chi connectivity index (χ3v) is 3.59. The number of carbonyl (C=O) groups excluding carboxylic acids is 1. The number of hydrogen-bond donors (Lipinski definition) is 2. The zero-order valence-electron chi connectivity index (χ0n) is 14.1. The molecule has 0 saturated carbocycles. The molecule has 2 N–H and O–H groups in total. The number of aliphatic carboxylic acids is 1. The molecular weight excluding hydrogens is 320 g/mol. The van der Waals surface area contributed by atoms with Crippen LogP contribution in [0.3, 0.4) is 0 Å². The summed E-state index contributed by atoms with van der Waals surface area (Å²) < 4.78 is 0. The van der Waals surface area contributed by atoms with Crippen molar-refractivity contribution >= 4 is 18.4 Å². The molecule has 132 valence electrons. The molecule has 6 nitrogen and oxygen atoms in total. The average molecular weight is 342 g/mol. The van der Waals surface area contributed by atoms with Gasteiger partial charge < -0.3 is 15.2 Å². The summed E-state index contributed by atoms with van der Waals surface area (Å²) in [6.07, 6.45) is 0.330. The fourth-order valence-electron chi connectivity index (χ4n) is 2.48. The first-order valence-corrected chi connectivity index (χ1v) is 7.83. The minimum atomic E-state index is -0.901. The van der Waals surface area contributed by atoms with Crippen LogP contribution >= 0.6 is 0 Å². The first-order chi connectivity index (χ1) is 12.1. The van der Waals surface area contributed by atoms with Crippen LogP contribution in [0.1, 0.15) is 19.8 Å². The summed E-state index contributed by atoms with van der Waals surface area (Å²) in [5.41, 5.74) is 3.04. The van der Waals surface area contributed by atoms with Gasteiger partial charge in [-0.05, 0) is 36.6 Å². The molecule has 0 heterocycles. The zero-order valence-corrected chi connectivity index (χ0v) is 14.1. The van der Waals surface area contributed by atoms with Gasteiger partial charge >= 0.3 is 5.97 Å². The van der Waals surface area contributed by atoms with Crippen LogP contribution < -0.4 is 5.32 Å². The van der Waals surface area contributed by atoms with Crippen LogP contribution in [0.2, 0.25) is 0 Å². The quantitative estimate of drug-likeness (QED) is 0.708. The van der Waals surface area contributed by atoms with Crippen molar-refractivity contribution in [3.05, 3.63) is 59.5 Å². The van der Waals surface area contributed by atoms with Crippen molar-refractivity contribution in [3.63, 3.8) is 0 Å². The van der Waals surface area contributed by atoms with E-state index in [2.05, 4.69) is 10.5 Å². The van der Waals surface area contributed by atoms with Crippen LogP contribution in [0.4, 0.5) is 5.69 Å². The Hall–Kier alpha value is -3.02. The molecule has 0 aromatic heterocycles. The van der Waals surface area contributed by atoms with E-state index in [-0.39, 0.29) is 12.5 Å². The van der Waals surface area contributed by atoms with Gasteiger partial charge in [0.25, 0.3) is 0 Å². The maximum Gasteiger partial charge on any atom is 0.305 e. The Morgan fingerprint density at radius 3 is 2.16 bits per heavy atom. The lowest BCUT2D eigenvalue weighted by atomic mass is 10.0. The third kappa shape index (κ3) is 6.95. The van der Waals surface area contributed by atoms with Gasteiger partial charge in [-0.1, -0.05) is 47.6 Å². The van der Waals surface area contributed by atoms with Gasteiger partial charge in [-0.3, -0.25) is 4.79 Å². The summed E-state index contributed by atoms with van der Waals surface area (Å²) >= 11 is 0. The number of carboxylic acid groups (broad SMARTS) is 1. The van der Waals surface area contributed by atoms with Crippen LogP contribution in [-0.2, 0) is 9.59 Å². The van der Waals surface area contributed by atoms with E-state index in [4.69, 9.17) is 9.90 Å². The third-order valence-electron chi connectivity index (χ3n) is 3.59. The van der Waals surface area contributed by atoms with Gasteiger partial charge in [-0.2, -0.15) is 4.91 Å². The smallest absolute Gasteiger partial charge is 0.305 e. The topological polar surface area (TPSA) is 95.8 Å². The van der Waals surface area contributed by atoms with Crippen LogP contribution in [0.15, 0.2) is 59.8 Å². The van der Waals surface area contributed by atoms with Crippen LogP contribution in [-0.4, -0.2) is 29.9 Å². The second-order valence-corrected chi connectivity index (χ2v) is 5.57. The minimum absolute atomic E-state index is 0.0553. The van der Waals surface area contributed by atoms with Gasteiger partial charge in [0.1, 0.15) is 6.79 Å². The van der Waals surface area contributed by atoms with E-state index in [9.17, 15) is 9.70 Å². The number of hydrogen-bond acceptors (Lipinski definition) is 5. The molecule has 6 heteroatoms. The number of nitrogens with zero attached hydrogens (tertiary/aromatic N) is 1. The molecule has 2 aromatic carbocycles. The highest BCUT2D eigenvalue weighted by atomic mass is 16.4. The molecule has 2 aromatic rings. The van der Waals surface area contributed by atoms with Gasteiger partial charge in [0.05, 0.1) is 12.5 Å². The Labute approximate surface area is 146 Å². The molecule has 0 radical (unpaired) electrons. The normalized spacial score (nSPS) is 12.2. The highest BCUT2D eigenvalue weighted by Gasteiger charge is 2.17. The lowest BCUT2D eigenvalue weighted by Gasteiger charge is -2.19. The summed E-state index contributed by atoms with van der Waals surface area (Å²) in [6, 6.07) is 17.0. The monoisotopic (exact) mass is 342 g/mol. The Morgan fingerprint density at radius 1 is 1.08 bits per heavy atom.